The standard InChI is InChI=1S/C25H23N3O2/c26-23(20-14-8-3-9-15-20)25-28-22(17-30-25)24(29)27-21(19-12-6-2-7-13-19)16-18-10-4-1-5-11-18/h1-15,17,21,23H,16,26H2,(H,27,29). The van der Waals surface area contributed by atoms with Gasteiger partial charge < -0.3 is 15.5 Å². The quantitative estimate of drug-likeness (QED) is 0.483. The third-order valence-electron chi connectivity index (χ3n) is 4.97. The Labute approximate surface area is 175 Å². The van der Waals surface area contributed by atoms with Crippen molar-refractivity contribution in [3.05, 3.63) is 126 Å². The average molecular weight is 397 g/mol. The van der Waals surface area contributed by atoms with Crippen LogP contribution >= 0.6 is 0 Å². The molecule has 3 N–H and O–H groups in total. The van der Waals surface area contributed by atoms with Crippen molar-refractivity contribution in [3.63, 3.8) is 0 Å². The van der Waals surface area contributed by atoms with Gasteiger partial charge >= 0.3 is 0 Å². The summed E-state index contributed by atoms with van der Waals surface area (Å²) in [6.45, 7) is 0. The zero-order chi connectivity index (χ0) is 20.8. The van der Waals surface area contributed by atoms with Crippen molar-refractivity contribution >= 4 is 5.91 Å². The van der Waals surface area contributed by atoms with Crippen molar-refractivity contribution in [1.29, 1.82) is 0 Å². The zero-order valence-electron chi connectivity index (χ0n) is 16.4. The summed E-state index contributed by atoms with van der Waals surface area (Å²) < 4.78 is 5.51. The summed E-state index contributed by atoms with van der Waals surface area (Å²) in [5.74, 6) is 0.0146. The molecule has 3 aromatic carbocycles. The Balaban J connectivity index is 1.52. The summed E-state index contributed by atoms with van der Waals surface area (Å²) >= 11 is 0. The fourth-order valence-electron chi connectivity index (χ4n) is 3.36. The Morgan fingerprint density at radius 2 is 1.43 bits per heavy atom. The Morgan fingerprint density at radius 3 is 2.07 bits per heavy atom. The number of carbonyl (C=O) groups is 1. The highest BCUT2D eigenvalue weighted by Gasteiger charge is 2.21. The number of amides is 1. The number of oxazole rings is 1. The smallest absolute Gasteiger partial charge is 0.273 e. The third-order valence-corrected chi connectivity index (χ3v) is 4.97. The number of rotatable bonds is 7. The lowest BCUT2D eigenvalue weighted by Crippen LogP contribution is -2.30. The fraction of sp³-hybridized carbons (Fsp3) is 0.120. The Bertz CT molecular complexity index is 1080. The predicted octanol–water partition coefficient (Wildman–Crippen LogP) is 4.44. The highest BCUT2D eigenvalue weighted by Crippen LogP contribution is 2.21. The maximum absolute atomic E-state index is 12.9. The molecule has 4 aromatic rings. The molecule has 4 rings (SSSR count). The van der Waals surface area contributed by atoms with Crippen molar-refractivity contribution in [3.8, 4) is 0 Å². The van der Waals surface area contributed by atoms with Gasteiger partial charge in [-0.2, -0.15) is 0 Å². The van der Waals surface area contributed by atoms with Gasteiger partial charge in [0.1, 0.15) is 12.3 Å². The van der Waals surface area contributed by atoms with E-state index in [0.29, 0.717) is 12.3 Å². The van der Waals surface area contributed by atoms with Crippen LogP contribution in [0.15, 0.2) is 102 Å². The van der Waals surface area contributed by atoms with E-state index in [-0.39, 0.29) is 17.6 Å². The van der Waals surface area contributed by atoms with Crippen molar-refractivity contribution < 1.29 is 9.21 Å². The van der Waals surface area contributed by atoms with Crippen molar-refractivity contribution in [2.45, 2.75) is 18.5 Å². The van der Waals surface area contributed by atoms with Gasteiger partial charge in [-0.3, -0.25) is 4.79 Å². The van der Waals surface area contributed by atoms with Crippen LogP contribution in [-0.2, 0) is 6.42 Å². The molecule has 1 aromatic heterocycles. The summed E-state index contributed by atoms with van der Waals surface area (Å²) in [7, 11) is 0. The normalized spacial score (nSPS) is 12.8. The minimum Gasteiger partial charge on any atom is -0.446 e. The number of hydrogen-bond acceptors (Lipinski definition) is 4. The number of nitrogens with two attached hydrogens (primary N) is 1. The molecule has 5 heteroatoms. The van der Waals surface area contributed by atoms with Gasteiger partial charge in [-0.05, 0) is 23.1 Å². The lowest BCUT2D eigenvalue weighted by molar-refractivity contribution is 0.0931. The first kappa shape index (κ1) is 19.6. The van der Waals surface area contributed by atoms with E-state index < -0.39 is 6.04 Å². The van der Waals surface area contributed by atoms with Gasteiger partial charge in [0.05, 0.1) is 6.04 Å². The molecule has 2 unspecified atom stereocenters. The van der Waals surface area contributed by atoms with Crippen LogP contribution in [0.4, 0.5) is 0 Å². The summed E-state index contributed by atoms with van der Waals surface area (Å²) in [5.41, 5.74) is 9.49. The lowest BCUT2D eigenvalue weighted by atomic mass is 9.99. The number of hydrogen-bond donors (Lipinski definition) is 2. The molecule has 0 saturated heterocycles. The molecule has 0 bridgehead atoms. The third kappa shape index (κ3) is 4.64. The molecule has 0 saturated carbocycles. The lowest BCUT2D eigenvalue weighted by Gasteiger charge is -2.19. The average Bonchev–Trinajstić information content (AvgIpc) is 3.30. The number of nitrogens with one attached hydrogen (secondary N) is 1. The van der Waals surface area contributed by atoms with Crippen LogP contribution in [0.2, 0.25) is 0 Å². The number of nitrogens with zero attached hydrogens (tertiary/aromatic N) is 1. The summed E-state index contributed by atoms with van der Waals surface area (Å²) in [6.07, 6.45) is 2.03. The van der Waals surface area contributed by atoms with Crippen molar-refractivity contribution in [2.24, 2.45) is 5.73 Å². The van der Waals surface area contributed by atoms with Gasteiger partial charge in [-0.15, -0.1) is 0 Å². The van der Waals surface area contributed by atoms with Crippen LogP contribution in [0.25, 0.3) is 0 Å². The topological polar surface area (TPSA) is 81.1 Å². The predicted molar refractivity (Wildman–Crippen MR) is 116 cm³/mol. The van der Waals surface area contributed by atoms with Crippen LogP contribution in [0.3, 0.4) is 0 Å². The zero-order valence-corrected chi connectivity index (χ0v) is 16.4. The van der Waals surface area contributed by atoms with Crippen LogP contribution < -0.4 is 11.1 Å². The Hall–Kier alpha value is -3.70. The molecular formula is C25H23N3O2. The molecule has 1 amide bonds. The second-order valence-electron chi connectivity index (χ2n) is 7.09. The molecule has 0 fully saturated rings. The second kappa shape index (κ2) is 9.20. The fourth-order valence-corrected chi connectivity index (χ4v) is 3.36. The Morgan fingerprint density at radius 1 is 0.867 bits per heavy atom. The minimum atomic E-state index is -0.526. The molecule has 1 heterocycles. The first-order valence-corrected chi connectivity index (χ1v) is 9.86. The number of aromatic nitrogens is 1. The number of carbonyl (C=O) groups excluding carboxylic acids is 1. The maximum atomic E-state index is 12.9. The molecule has 30 heavy (non-hydrogen) atoms. The molecular weight excluding hydrogens is 374 g/mol. The summed E-state index contributed by atoms with van der Waals surface area (Å²) in [6, 6.07) is 28.8. The monoisotopic (exact) mass is 397 g/mol. The van der Waals surface area contributed by atoms with E-state index >= 15 is 0 Å². The van der Waals surface area contributed by atoms with Crippen LogP contribution in [0, 0.1) is 0 Å². The van der Waals surface area contributed by atoms with Crippen LogP contribution in [0.5, 0.6) is 0 Å². The SMILES string of the molecule is NC(c1ccccc1)c1nc(C(=O)NC(Cc2ccccc2)c2ccccc2)co1. The highest BCUT2D eigenvalue weighted by atomic mass is 16.3. The van der Waals surface area contributed by atoms with E-state index in [1.54, 1.807) is 0 Å². The van der Waals surface area contributed by atoms with E-state index in [2.05, 4.69) is 22.4 Å². The van der Waals surface area contributed by atoms with Gasteiger partial charge in [-0.25, -0.2) is 4.98 Å². The van der Waals surface area contributed by atoms with Crippen LogP contribution in [-0.4, -0.2) is 10.9 Å². The van der Waals surface area contributed by atoms with E-state index in [9.17, 15) is 4.79 Å². The first-order chi connectivity index (χ1) is 14.7. The van der Waals surface area contributed by atoms with Gasteiger partial charge in [0.15, 0.2) is 5.69 Å². The van der Waals surface area contributed by atoms with Gasteiger partial charge in [0.25, 0.3) is 5.91 Å². The summed E-state index contributed by atoms with van der Waals surface area (Å²) in [4.78, 5) is 17.3. The van der Waals surface area contributed by atoms with E-state index in [4.69, 9.17) is 10.2 Å². The van der Waals surface area contributed by atoms with E-state index in [1.807, 2.05) is 78.9 Å². The molecule has 0 radical (unpaired) electrons. The molecule has 0 aliphatic heterocycles. The van der Waals surface area contributed by atoms with E-state index in [0.717, 1.165) is 16.7 Å². The van der Waals surface area contributed by atoms with E-state index in [1.165, 1.54) is 6.26 Å². The van der Waals surface area contributed by atoms with Crippen LogP contribution in [0.1, 0.15) is 45.2 Å². The largest absolute Gasteiger partial charge is 0.446 e. The maximum Gasteiger partial charge on any atom is 0.273 e. The minimum absolute atomic E-state index is 0.191. The van der Waals surface area contributed by atoms with Gasteiger partial charge in [0.2, 0.25) is 5.89 Å². The molecule has 2 atom stereocenters. The van der Waals surface area contributed by atoms with Gasteiger partial charge in [-0.1, -0.05) is 91.0 Å². The molecule has 0 spiro atoms. The Kier molecular flexibility index (Phi) is 6.01. The molecule has 0 aliphatic carbocycles. The molecule has 5 nitrogen and oxygen atoms in total. The van der Waals surface area contributed by atoms with Gasteiger partial charge in [0, 0.05) is 0 Å². The highest BCUT2D eigenvalue weighted by molar-refractivity contribution is 5.92. The molecule has 150 valence electrons. The summed E-state index contributed by atoms with van der Waals surface area (Å²) in [5, 5.41) is 3.09. The first-order valence-electron chi connectivity index (χ1n) is 9.86. The number of benzene rings is 3. The van der Waals surface area contributed by atoms with Crippen molar-refractivity contribution in [2.75, 3.05) is 0 Å². The second-order valence-corrected chi connectivity index (χ2v) is 7.09. The molecule has 0 aliphatic rings. The van der Waals surface area contributed by atoms with Crippen molar-refractivity contribution in [1.82, 2.24) is 10.3 Å².